The van der Waals surface area contributed by atoms with Crippen molar-refractivity contribution in [1.29, 1.82) is 0 Å². The summed E-state index contributed by atoms with van der Waals surface area (Å²) in [6, 6.07) is 3.14. The molecule has 3 aromatic heterocycles. The van der Waals surface area contributed by atoms with Crippen LogP contribution in [-0.2, 0) is 11.3 Å². The fourth-order valence-corrected chi connectivity index (χ4v) is 2.30. The summed E-state index contributed by atoms with van der Waals surface area (Å²) in [6.07, 6.45) is 5.15. The van der Waals surface area contributed by atoms with Crippen LogP contribution >= 0.6 is 11.3 Å². The summed E-state index contributed by atoms with van der Waals surface area (Å²) in [5, 5.41) is 1.94. The molecule has 0 spiro atoms. The number of nitrogen functional groups attached to an aromatic ring is 1. The summed E-state index contributed by atoms with van der Waals surface area (Å²) in [4.78, 5) is 20.8. The molecule has 3 aromatic rings. The van der Waals surface area contributed by atoms with Gasteiger partial charge < -0.3 is 10.5 Å². The molecule has 2 N–H and O–H groups in total. The second kappa shape index (κ2) is 4.69. The van der Waals surface area contributed by atoms with Crippen molar-refractivity contribution in [3.63, 3.8) is 0 Å². The van der Waals surface area contributed by atoms with Gasteiger partial charge in [-0.2, -0.15) is 0 Å². The molecule has 7 heteroatoms. The molecular formula is C12H10N4O2S. The average molecular weight is 274 g/mol. The van der Waals surface area contributed by atoms with Crippen LogP contribution in [0.5, 0.6) is 0 Å². The van der Waals surface area contributed by atoms with Gasteiger partial charge in [-0.05, 0) is 12.1 Å². The minimum Gasteiger partial charge on any atom is -0.454 e. The van der Waals surface area contributed by atoms with Gasteiger partial charge in [-0.3, -0.25) is 4.40 Å². The van der Waals surface area contributed by atoms with Crippen molar-refractivity contribution in [3.05, 3.63) is 47.5 Å². The monoisotopic (exact) mass is 274 g/mol. The number of esters is 1. The van der Waals surface area contributed by atoms with Gasteiger partial charge in [0.15, 0.2) is 4.96 Å². The van der Waals surface area contributed by atoms with Crippen molar-refractivity contribution in [2.45, 2.75) is 6.61 Å². The van der Waals surface area contributed by atoms with E-state index in [1.807, 2.05) is 22.2 Å². The van der Waals surface area contributed by atoms with Crippen molar-refractivity contribution >= 4 is 28.0 Å². The molecule has 3 heterocycles. The molecular weight excluding hydrogens is 264 g/mol. The molecule has 3 rings (SSSR count). The van der Waals surface area contributed by atoms with E-state index in [4.69, 9.17) is 10.5 Å². The Morgan fingerprint density at radius 3 is 3.11 bits per heavy atom. The van der Waals surface area contributed by atoms with Gasteiger partial charge in [0.25, 0.3) is 0 Å². The number of carbonyl (C=O) groups is 1. The van der Waals surface area contributed by atoms with Gasteiger partial charge in [0.2, 0.25) is 0 Å². The maximum absolute atomic E-state index is 11.7. The first-order valence-corrected chi connectivity index (χ1v) is 6.40. The maximum Gasteiger partial charge on any atom is 0.357 e. The first kappa shape index (κ1) is 11.7. The summed E-state index contributed by atoms with van der Waals surface area (Å²) in [6.45, 7) is 0.124. The summed E-state index contributed by atoms with van der Waals surface area (Å²) in [7, 11) is 0. The van der Waals surface area contributed by atoms with E-state index in [-0.39, 0.29) is 12.3 Å². The zero-order valence-electron chi connectivity index (χ0n) is 9.81. The van der Waals surface area contributed by atoms with E-state index < -0.39 is 5.97 Å². The van der Waals surface area contributed by atoms with E-state index in [0.717, 1.165) is 4.96 Å². The minimum atomic E-state index is -0.489. The SMILES string of the molecule is Nc1ccc(C(=O)OCc2cn3ccsc3n2)nc1. The molecule has 0 aliphatic carbocycles. The number of fused-ring (bicyclic) bond motifs is 1. The highest BCUT2D eigenvalue weighted by atomic mass is 32.1. The van der Waals surface area contributed by atoms with Crippen molar-refractivity contribution in [2.75, 3.05) is 5.73 Å². The molecule has 0 unspecified atom stereocenters. The number of hydrogen-bond donors (Lipinski definition) is 1. The molecule has 0 aliphatic rings. The normalized spacial score (nSPS) is 10.7. The van der Waals surface area contributed by atoms with Gasteiger partial charge in [0, 0.05) is 17.8 Å². The first-order chi connectivity index (χ1) is 9.22. The highest BCUT2D eigenvalue weighted by molar-refractivity contribution is 7.15. The predicted octanol–water partition coefficient (Wildman–Crippen LogP) is 1.73. The zero-order chi connectivity index (χ0) is 13.2. The lowest BCUT2D eigenvalue weighted by Gasteiger charge is -2.02. The molecule has 0 aromatic carbocycles. The Hall–Kier alpha value is -2.41. The van der Waals surface area contributed by atoms with Gasteiger partial charge in [-0.1, -0.05) is 0 Å². The lowest BCUT2D eigenvalue weighted by molar-refractivity contribution is 0.0461. The van der Waals surface area contributed by atoms with Crippen LogP contribution < -0.4 is 5.73 Å². The number of nitrogens with two attached hydrogens (primary N) is 1. The molecule has 0 fully saturated rings. The number of imidazole rings is 1. The summed E-state index contributed by atoms with van der Waals surface area (Å²) >= 11 is 1.53. The standard InChI is InChI=1S/C12H10N4O2S/c13-8-1-2-10(14-5-8)11(17)18-7-9-6-16-3-4-19-12(16)15-9/h1-6H,7,13H2. The van der Waals surface area contributed by atoms with Gasteiger partial charge >= 0.3 is 5.97 Å². The van der Waals surface area contributed by atoms with Crippen LogP contribution in [0.15, 0.2) is 36.1 Å². The Balaban J connectivity index is 1.67. The molecule has 0 bridgehead atoms. The van der Waals surface area contributed by atoms with Crippen LogP contribution in [0.4, 0.5) is 5.69 Å². The number of hydrogen-bond acceptors (Lipinski definition) is 6. The largest absolute Gasteiger partial charge is 0.454 e. The molecule has 0 atom stereocenters. The molecule has 0 amide bonds. The van der Waals surface area contributed by atoms with E-state index in [0.29, 0.717) is 11.4 Å². The third-order valence-electron chi connectivity index (χ3n) is 2.49. The molecule has 96 valence electrons. The second-order valence-corrected chi connectivity index (χ2v) is 4.75. The number of anilines is 1. The lowest BCUT2D eigenvalue weighted by atomic mass is 10.3. The van der Waals surface area contributed by atoms with Gasteiger partial charge in [-0.15, -0.1) is 11.3 Å². The predicted molar refractivity (Wildman–Crippen MR) is 70.8 cm³/mol. The Morgan fingerprint density at radius 2 is 2.37 bits per heavy atom. The number of carbonyl (C=O) groups excluding carboxylic acids is 1. The van der Waals surface area contributed by atoms with Crippen LogP contribution in [0.25, 0.3) is 4.96 Å². The summed E-state index contributed by atoms with van der Waals surface area (Å²) < 4.78 is 7.02. The number of nitrogens with zero attached hydrogens (tertiary/aromatic N) is 3. The van der Waals surface area contributed by atoms with Crippen LogP contribution in [0, 0.1) is 0 Å². The molecule has 0 saturated carbocycles. The van der Waals surface area contributed by atoms with Crippen molar-refractivity contribution < 1.29 is 9.53 Å². The van der Waals surface area contributed by atoms with Crippen LogP contribution in [0.3, 0.4) is 0 Å². The third kappa shape index (κ3) is 2.41. The second-order valence-electron chi connectivity index (χ2n) is 3.88. The molecule has 0 radical (unpaired) electrons. The fraction of sp³-hybridized carbons (Fsp3) is 0.0833. The number of rotatable bonds is 3. The van der Waals surface area contributed by atoms with Crippen LogP contribution in [-0.4, -0.2) is 20.3 Å². The van der Waals surface area contributed by atoms with E-state index >= 15 is 0 Å². The van der Waals surface area contributed by atoms with Gasteiger partial charge in [0.05, 0.1) is 17.6 Å². The molecule has 0 aliphatic heterocycles. The number of ether oxygens (including phenoxy) is 1. The number of aromatic nitrogens is 3. The lowest BCUT2D eigenvalue weighted by Crippen LogP contribution is -2.07. The quantitative estimate of drug-likeness (QED) is 0.735. The number of thiazole rings is 1. The first-order valence-electron chi connectivity index (χ1n) is 5.52. The summed E-state index contributed by atoms with van der Waals surface area (Å²) in [5.41, 5.74) is 6.94. The minimum absolute atomic E-state index is 0.124. The van der Waals surface area contributed by atoms with Crippen molar-refractivity contribution in [3.8, 4) is 0 Å². The number of pyridine rings is 1. The highest BCUT2D eigenvalue weighted by Crippen LogP contribution is 2.12. The molecule has 0 saturated heterocycles. The fourth-order valence-electron chi connectivity index (χ4n) is 1.59. The smallest absolute Gasteiger partial charge is 0.357 e. The third-order valence-corrected chi connectivity index (χ3v) is 3.26. The van der Waals surface area contributed by atoms with Crippen LogP contribution in [0.2, 0.25) is 0 Å². The van der Waals surface area contributed by atoms with E-state index in [2.05, 4.69) is 9.97 Å². The Kier molecular flexibility index (Phi) is 2.88. The molecule has 6 nitrogen and oxygen atoms in total. The average Bonchev–Trinajstić information content (AvgIpc) is 2.97. The summed E-state index contributed by atoms with van der Waals surface area (Å²) in [5.74, 6) is -0.489. The maximum atomic E-state index is 11.7. The zero-order valence-corrected chi connectivity index (χ0v) is 10.6. The van der Waals surface area contributed by atoms with Crippen LogP contribution in [0.1, 0.15) is 16.2 Å². The van der Waals surface area contributed by atoms with Gasteiger partial charge in [0.1, 0.15) is 12.3 Å². The van der Waals surface area contributed by atoms with E-state index in [1.165, 1.54) is 23.6 Å². The van der Waals surface area contributed by atoms with E-state index in [1.54, 1.807) is 6.07 Å². The Labute approximate surface area is 112 Å². The topological polar surface area (TPSA) is 82.5 Å². The Morgan fingerprint density at radius 1 is 1.47 bits per heavy atom. The van der Waals surface area contributed by atoms with Crippen molar-refractivity contribution in [2.24, 2.45) is 0 Å². The Bertz CT molecular complexity index is 688. The molecule has 19 heavy (non-hydrogen) atoms. The highest BCUT2D eigenvalue weighted by Gasteiger charge is 2.10. The van der Waals surface area contributed by atoms with E-state index in [9.17, 15) is 4.79 Å². The van der Waals surface area contributed by atoms with Gasteiger partial charge in [-0.25, -0.2) is 14.8 Å². The van der Waals surface area contributed by atoms with Crippen molar-refractivity contribution in [1.82, 2.24) is 14.4 Å².